The lowest BCUT2D eigenvalue weighted by atomic mass is 9.79. The molecule has 0 saturated carbocycles. The van der Waals surface area contributed by atoms with E-state index in [2.05, 4.69) is 0 Å². The Bertz CT molecular complexity index is 503. The Morgan fingerprint density at radius 2 is 1.80 bits per heavy atom. The highest BCUT2D eigenvalue weighted by molar-refractivity contribution is 6.06. The molecule has 0 bridgehead atoms. The van der Waals surface area contributed by atoms with Crippen molar-refractivity contribution in [3.63, 3.8) is 0 Å². The Kier molecular flexibility index (Phi) is 4.93. The number of rotatable bonds is 4. The molecule has 1 amide bonds. The van der Waals surface area contributed by atoms with E-state index in [1.165, 1.54) is 0 Å². The molecule has 0 aliphatic carbocycles. The summed E-state index contributed by atoms with van der Waals surface area (Å²) in [5.74, 6) is -2.49. The van der Waals surface area contributed by atoms with Crippen LogP contribution in [-0.2, 0) is 9.59 Å². The van der Waals surface area contributed by atoms with E-state index in [9.17, 15) is 14.7 Å². The van der Waals surface area contributed by atoms with Gasteiger partial charge in [-0.2, -0.15) is 0 Å². The van der Waals surface area contributed by atoms with Gasteiger partial charge in [0.1, 0.15) is 5.92 Å². The SMILES string of the molecule is CCN(C(=O)C(C(=O)O)C(C)(C)C)c1ccccc1C. The summed E-state index contributed by atoms with van der Waals surface area (Å²) < 4.78 is 0. The van der Waals surface area contributed by atoms with E-state index in [4.69, 9.17) is 0 Å². The molecule has 0 radical (unpaired) electrons. The van der Waals surface area contributed by atoms with Crippen LogP contribution >= 0.6 is 0 Å². The Morgan fingerprint density at radius 3 is 2.20 bits per heavy atom. The van der Waals surface area contributed by atoms with Crippen molar-refractivity contribution >= 4 is 17.6 Å². The number of aryl methyl sites for hydroxylation is 1. The van der Waals surface area contributed by atoms with E-state index < -0.39 is 17.3 Å². The number of amides is 1. The third kappa shape index (κ3) is 3.38. The minimum atomic E-state index is -1.07. The summed E-state index contributed by atoms with van der Waals surface area (Å²) in [5, 5.41) is 9.39. The minimum Gasteiger partial charge on any atom is -0.481 e. The van der Waals surface area contributed by atoms with Crippen molar-refractivity contribution in [2.24, 2.45) is 11.3 Å². The molecule has 1 atom stereocenters. The predicted octanol–water partition coefficient (Wildman–Crippen LogP) is 3.09. The van der Waals surface area contributed by atoms with Crippen LogP contribution in [0.4, 0.5) is 5.69 Å². The molecule has 0 saturated heterocycles. The van der Waals surface area contributed by atoms with Gasteiger partial charge in [-0.05, 0) is 30.9 Å². The summed E-state index contributed by atoms with van der Waals surface area (Å²) in [4.78, 5) is 25.7. The van der Waals surface area contributed by atoms with Crippen molar-refractivity contribution in [3.8, 4) is 0 Å². The van der Waals surface area contributed by atoms with Crippen molar-refractivity contribution in [3.05, 3.63) is 29.8 Å². The first-order valence-electron chi connectivity index (χ1n) is 6.80. The van der Waals surface area contributed by atoms with Gasteiger partial charge >= 0.3 is 5.97 Å². The second-order valence-electron chi connectivity index (χ2n) is 6.01. The van der Waals surface area contributed by atoms with Crippen LogP contribution in [0.5, 0.6) is 0 Å². The third-order valence-electron chi connectivity index (χ3n) is 3.35. The number of anilines is 1. The lowest BCUT2D eigenvalue weighted by Gasteiger charge is -2.32. The molecule has 1 N–H and O–H groups in total. The maximum Gasteiger partial charge on any atom is 0.316 e. The monoisotopic (exact) mass is 277 g/mol. The molecule has 0 aliphatic heterocycles. The molecule has 1 unspecified atom stereocenters. The molecule has 1 rings (SSSR count). The van der Waals surface area contributed by atoms with E-state index in [-0.39, 0.29) is 5.91 Å². The zero-order valence-corrected chi connectivity index (χ0v) is 12.8. The standard InChI is InChI=1S/C16H23NO3/c1-6-17(12-10-8-7-9-11(12)2)14(18)13(15(19)20)16(3,4)5/h7-10,13H,6H2,1-5H3,(H,19,20). The summed E-state index contributed by atoms with van der Waals surface area (Å²) in [7, 11) is 0. The first-order valence-corrected chi connectivity index (χ1v) is 6.80. The number of para-hydroxylation sites is 1. The predicted molar refractivity (Wildman–Crippen MR) is 79.8 cm³/mol. The molecule has 0 fully saturated rings. The average molecular weight is 277 g/mol. The fourth-order valence-electron chi connectivity index (χ4n) is 2.31. The molecule has 0 spiro atoms. The molecule has 20 heavy (non-hydrogen) atoms. The lowest BCUT2D eigenvalue weighted by Crippen LogP contribution is -2.45. The van der Waals surface area contributed by atoms with E-state index >= 15 is 0 Å². The highest BCUT2D eigenvalue weighted by Crippen LogP contribution is 2.30. The molecule has 0 aromatic heterocycles. The molecular weight excluding hydrogens is 254 g/mol. The van der Waals surface area contributed by atoms with E-state index in [1.54, 1.807) is 25.7 Å². The van der Waals surface area contributed by atoms with Crippen LogP contribution in [0.15, 0.2) is 24.3 Å². The summed E-state index contributed by atoms with van der Waals surface area (Å²) in [5.41, 5.74) is 1.11. The molecule has 0 heterocycles. The number of carbonyl (C=O) groups excluding carboxylic acids is 1. The van der Waals surface area contributed by atoms with Gasteiger partial charge in [0.05, 0.1) is 0 Å². The van der Waals surface area contributed by atoms with Crippen LogP contribution in [0.1, 0.15) is 33.3 Å². The highest BCUT2D eigenvalue weighted by Gasteiger charge is 2.40. The molecular formula is C16H23NO3. The smallest absolute Gasteiger partial charge is 0.316 e. The van der Waals surface area contributed by atoms with E-state index in [1.807, 2.05) is 38.1 Å². The van der Waals surface area contributed by atoms with Crippen LogP contribution in [0.3, 0.4) is 0 Å². The van der Waals surface area contributed by atoms with Gasteiger partial charge in [0.2, 0.25) is 5.91 Å². The fourth-order valence-corrected chi connectivity index (χ4v) is 2.31. The summed E-state index contributed by atoms with van der Waals surface area (Å²) >= 11 is 0. The number of carbonyl (C=O) groups is 2. The van der Waals surface area contributed by atoms with E-state index in [0.717, 1.165) is 11.3 Å². The van der Waals surface area contributed by atoms with Gasteiger partial charge in [-0.25, -0.2) is 0 Å². The maximum atomic E-state index is 12.7. The first kappa shape index (κ1) is 16.2. The third-order valence-corrected chi connectivity index (χ3v) is 3.35. The van der Waals surface area contributed by atoms with Crippen LogP contribution in [0.25, 0.3) is 0 Å². The molecule has 4 heteroatoms. The number of carboxylic acids is 1. The molecule has 1 aromatic rings. The fraction of sp³-hybridized carbons (Fsp3) is 0.500. The van der Waals surface area contributed by atoms with Gasteiger partial charge in [0, 0.05) is 12.2 Å². The largest absolute Gasteiger partial charge is 0.481 e. The van der Waals surface area contributed by atoms with Gasteiger partial charge < -0.3 is 10.0 Å². The van der Waals surface area contributed by atoms with Crippen molar-refractivity contribution < 1.29 is 14.7 Å². The molecule has 0 aliphatic rings. The van der Waals surface area contributed by atoms with Crippen LogP contribution < -0.4 is 4.90 Å². The quantitative estimate of drug-likeness (QED) is 0.860. The van der Waals surface area contributed by atoms with Crippen LogP contribution in [0, 0.1) is 18.3 Å². The second-order valence-corrected chi connectivity index (χ2v) is 6.01. The molecule has 110 valence electrons. The second kappa shape index (κ2) is 6.07. The number of hydrogen-bond donors (Lipinski definition) is 1. The van der Waals surface area contributed by atoms with Gasteiger partial charge in [-0.3, -0.25) is 9.59 Å². The zero-order valence-electron chi connectivity index (χ0n) is 12.8. The molecule has 1 aromatic carbocycles. The number of nitrogens with zero attached hydrogens (tertiary/aromatic N) is 1. The van der Waals surface area contributed by atoms with Gasteiger partial charge in [-0.15, -0.1) is 0 Å². The number of benzene rings is 1. The van der Waals surface area contributed by atoms with Gasteiger partial charge in [0.15, 0.2) is 0 Å². The van der Waals surface area contributed by atoms with E-state index in [0.29, 0.717) is 6.54 Å². The van der Waals surface area contributed by atoms with Crippen molar-refractivity contribution in [1.29, 1.82) is 0 Å². The summed E-state index contributed by atoms with van der Waals surface area (Å²) in [6.07, 6.45) is 0. The Labute approximate surface area is 120 Å². The van der Waals surface area contributed by atoms with Crippen molar-refractivity contribution in [1.82, 2.24) is 0 Å². The van der Waals surface area contributed by atoms with Crippen LogP contribution in [-0.4, -0.2) is 23.5 Å². The number of aliphatic carboxylic acids is 1. The highest BCUT2D eigenvalue weighted by atomic mass is 16.4. The van der Waals surface area contributed by atoms with Crippen molar-refractivity contribution in [2.45, 2.75) is 34.6 Å². The van der Waals surface area contributed by atoms with Crippen molar-refractivity contribution in [2.75, 3.05) is 11.4 Å². The molecule has 4 nitrogen and oxygen atoms in total. The van der Waals surface area contributed by atoms with Gasteiger partial charge in [0.25, 0.3) is 0 Å². The topological polar surface area (TPSA) is 57.6 Å². The Hall–Kier alpha value is -1.84. The average Bonchev–Trinajstić information content (AvgIpc) is 2.30. The zero-order chi connectivity index (χ0) is 15.5. The normalized spacial score (nSPS) is 12.8. The minimum absolute atomic E-state index is 0.359. The Morgan fingerprint density at radius 1 is 1.25 bits per heavy atom. The first-order chi connectivity index (χ1) is 9.20. The summed E-state index contributed by atoms with van der Waals surface area (Å²) in [6.45, 7) is 9.54. The lowest BCUT2D eigenvalue weighted by molar-refractivity contribution is -0.150. The summed E-state index contributed by atoms with van der Waals surface area (Å²) in [6, 6.07) is 7.51. The maximum absolute atomic E-state index is 12.7. The number of hydrogen-bond acceptors (Lipinski definition) is 2. The van der Waals surface area contributed by atoms with Crippen LogP contribution in [0.2, 0.25) is 0 Å². The Balaban J connectivity index is 3.21. The number of carboxylic acid groups (broad SMARTS) is 1. The van der Waals surface area contributed by atoms with Gasteiger partial charge in [-0.1, -0.05) is 39.0 Å².